The number of carbonyl (C=O) groups is 1. The van der Waals surface area contributed by atoms with Gasteiger partial charge in [-0.15, -0.1) is 0 Å². The van der Waals surface area contributed by atoms with Crippen LogP contribution >= 0.6 is 0 Å². The Morgan fingerprint density at radius 1 is 1.00 bits per heavy atom. The smallest absolute Gasteiger partial charge is 0.257 e. The third-order valence-electron chi connectivity index (χ3n) is 5.19. The average molecular weight is 398 g/mol. The molecule has 1 aromatic heterocycles. The molecule has 0 radical (unpaired) electrons. The van der Waals surface area contributed by atoms with E-state index < -0.39 is 10.0 Å². The summed E-state index contributed by atoms with van der Waals surface area (Å²) >= 11 is 0. The molecule has 28 heavy (non-hydrogen) atoms. The Morgan fingerprint density at radius 3 is 2.54 bits per heavy atom. The lowest BCUT2D eigenvalue weighted by Crippen LogP contribution is -2.35. The molecule has 1 fully saturated rings. The number of benzene rings is 2. The fourth-order valence-corrected chi connectivity index (χ4v) is 5.27. The molecular weight excluding hydrogens is 374 g/mol. The van der Waals surface area contributed by atoms with Crippen LogP contribution in [0.15, 0.2) is 59.6 Å². The number of anilines is 1. The van der Waals surface area contributed by atoms with Crippen molar-refractivity contribution < 1.29 is 13.2 Å². The summed E-state index contributed by atoms with van der Waals surface area (Å²) in [5.74, 6) is -0.260. The zero-order valence-corrected chi connectivity index (χ0v) is 16.6. The zero-order valence-electron chi connectivity index (χ0n) is 15.8. The highest BCUT2D eigenvalue weighted by molar-refractivity contribution is 7.89. The molecule has 0 aliphatic carbocycles. The van der Waals surface area contributed by atoms with Crippen LogP contribution in [0.25, 0.3) is 10.9 Å². The summed E-state index contributed by atoms with van der Waals surface area (Å²) in [6, 6.07) is 14.2. The van der Waals surface area contributed by atoms with E-state index in [1.165, 1.54) is 10.4 Å². The Morgan fingerprint density at radius 2 is 1.75 bits per heavy atom. The number of carbonyl (C=O) groups excluding carboxylic acids is 1. The van der Waals surface area contributed by atoms with E-state index in [9.17, 15) is 13.2 Å². The van der Waals surface area contributed by atoms with Crippen LogP contribution in [0, 0.1) is 0 Å². The van der Waals surface area contributed by atoms with Gasteiger partial charge in [-0.1, -0.05) is 30.7 Å². The SMILES string of the molecule is Cn1cc(C(=O)Nc2cccc(S(=O)(=O)N3CCCCC3)c2)c2ccccc21. The average Bonchev–Trinajstić information content (AvgIpc) is 3.06. The van der Waals surface area contributed by atoms with Crippen LogP contribution in [0.3, 0.4) is 0 Å². The van der Waals surface area contributed by atoms with Gasteiger partial charge < -0.3 is 9.88 Å². The van der Waals surface area contributed by atoms with E-state index in [1.807, 2.05) is 35.9 Å². The molecule has 1 aliphatic rings. The van der Waals surface area contributed by atoms with Gasteiger partial charge in [0.2, 0.25) is 10.0 Å². The van der Waals surface area contributed by atoms with Crippen molar-refractivity contribution in [3.8, 4) is 0 Å². The molecule has 0 saturated carbocycles. The third-order valence-corrected chi connectivity index (χ3v) is 7.08. The molecule has 1 amide bonds. The number of amides is 1. The lowest BCUT2D eigenvalue weighted by atomic mass is 10.1. The van der Waals surface area contributed by atoms with Crippen LogP contribution in [0.4, 0.5) is 5.69 Å². The molecule has 0 spiro atoms. The molecule has 2 aromatic carbocycles. The van der Waals surface area contributed by atoms with E-state index in [0.29, 0.717) is 24.3 Å². The maximum Gasteiger partial charge on any atom is 0.257 e. The van der Waals surface area contributed by atoms with Crippen molar-refractivity contribution in [1.82, 2.24) is 8.87 Å². The number of para-hydroxylation sites is 1. The molecule has 1 N–H and O–H groups in total. The monoisotopic (exact) mass is 397 g/mol. The van der Waals surface area contributed by atoms with Crippen molar-refractivity contribution in [2.75, 3.05) is 18.4 Å². The number of nitrogens with one attached hydrogen (secondary N) is 1. The number of hydrogen-bond donors (Lipinski definition) is 1. The summed E-state index contributed by atoms with van der Waals surface area (Å²) in [5, 5.41) is 3.70. The minimum Gasteiger partial charge on any atom is -0.350 e. The van der Waals surface area contributed by atoms with Gasteiger partial charge in [-0.2, -0.15) is 4.31 Å². The first-order valence-electron chi connectivity index (χ1n) is 9.42. The predicted octanol–water partition coefficient (Wildman–Crippen LogP) is 3.61. The molecule has 0 atom stereocenters. The van der Waals surface area contributed by atoms with Crippen molar-refractivity contribution >= 4 is 32.5 Å². The second-order valence-corrected chi connectivity index (χ2v) is 9.06. The Labute approximate surface area is 164 Å². The molecule has 6 nitrogen and oxygen atoms in total. The molecule has 7 heteroatoms. The lowest BCUT2D eigenvalue weighted by molar-refractivity contribution is 0.102. The van der Waals surface area contributed by atoms with Gasteiger partial charge in [-0.3, -0.25) is 4.79 Å². The van der Waals surface area contributed by atoms with E-state index in [2.05, 4.69) is 5.32 Å². The van der Waals surface area contributed by atoms with E-state index in [1.54, 1.807) is 24.4 Å². The summed E-state index contributed by atoms with van der Waals surface area (Å²) in [5.41, 5.74) is 1.99. The topological polar surface area (TPSA) is 71.4 Å². The second-order valence-electron chi connectivity index (χ2n) is 7.12. The summed E-state index contributed by atoms with van der Waals surface area (Å²) in [6.07, 6.45) is 4.62. The van der Waals surface area contributed by atoms with Crippen LogP contribution < -0.4 is 5.32 Å². The molecule has 1 saturated heterocycles. The third kappa shape index (κ3) is 3.43. The largest absolute Gasteiger partial charge is 0.350 e. The lowest BCUT2D eigenvalue weighted by Gasteiger charge is -2.26. The zero-order chi connectivity index (χ0) is 19.7. The Balaban J connectivity index is 1.60. The van der Waals surface area contributed by atoms with E-state index in [4.69, 9.17) is 0 Å². The van der Waals surface area contributed by atoms with Crippen molar-refractivity contribution in [2.45, 2.75) is 24.2 Å². The van der Waals surface area contributed by atoms with Gasteiger partial charge in [0, 0.05) is 42.9 Å². The molecule has 0 unspecified atom stereocenters. The Hall–Kier alpha value is -2.64. The number of piperidine rings is 1. The number of nitrogens with zero attached hydrogens (tertiary/aromatic N) is 2. The maximum atomic E-state index is 12.9. The van der Waals surface area contributed by atoms with Crippen molar-refractivity contribution in [2.24, 2.45) is 7.05 Å². The van der Waals surface area contributed by atoms with Crippen LogP contribution in [0.1, 0.15) is 29.6 Å². The predicted molar refractivity (Wildman–Crippen MR) is 110 cm³/mol. The second kappa shape index (κ2) is 7.41. The highest BCUT2D eigenvalue weighted by Crippen LogP contribution is 2.25. The number of hydrogen-bond acceptors (Lipinski definition) is 3. The summed E-state index contributed by atoms with van der Waals surface area (Å²) in [4.78, 5) is 13.0. The van der Waals surface area contributed by atoms with Gasteiger partial charge in [0.05, 0.1) is 10.5 Å². The number of fused-ring (bicyclic) bond motifs is 1. The Bertz CT molecular complexity index is 1130. The molecule has 1 aliphatic heterocycles. The van der Waals surface area contributed by atoms with E-state index in [0.717, 1.165) is 30.2 Å². The minimum absolute atomic E-state index is 0.213. The van der Waals surface area contributed by atoms with Crippen molar-refractivity contribution in [3.05, 3.63) is 60.3 Å². The quantitative estimate of drug-likeness (QED) is 0.731. The molecule has 2 heterocycles. The molecular formula is C21H23N3O3S. The Kier molecular flexibility index (Phi) is 4.95. The van der Waals surface area contributed by atoms with Gasteiger partial charge in [0.15, 0.2) is 0 Å². The number of rotatable bonds is 4. The number of aromatic nitrogens is 1. The van der Waals surface area contributed by atoms with E-state index in [-0.39, 0.29) is 10.8 Å². The van der Waals surface area contributed by atoms with Crippen LogP contribution in [-0.4, -0.2) is 36.3 Å². The molecule has 4 rings (SSSR count). The highest BCUT2D eigenvalue weighted by Gasteiger charge is 2.26. The number of aryl methyl sites for hydroxylation is 1. The first-order valence-corrected chi connectivity index (χ1v) is 10.9. The number of sulfonamides is 1. The van der Waals surface area contributed by atoms with E-state index >= 15 is 0 Å². The summed E-state index contributed by atoms with van der Waals surface area (Å²) in [7, 11) is -1.64. The van der Waals surface area contributed by atoms with Gasteiger partial charge in [-0.05, 0) is 37.1 Å². The normalized spacial score (nSPS) is 15.6. The van der Waals surface area contributed by atoms with Gasteiger partial charge in [-0.25, -0.2) is 8.42 Å². The first-order chi connectivity index (χ1) is 13.5. The minimum atomic E-state index is -3.54. The van der Waals surface area contributed by atoms with Crippen molar-refractivity contribution in [3.63, 3.8) is 0 Å². The van der Waals surface area contributed by atoms with Crippen LogP contribution in [0.5, 0.6) is 0 Å². The van der Waals surface area contributed by atoms with Crippen LogP contribution in [-0.2, 0) is 17.1 Å². The summed E-state index contributed by atoms with van der Waals surface area (Å²) < 4.78 is 29.2. The maximum absolute atomic E-state index is 12.9. The van der Waals surface area contributed by atoms with Gasteiger partial charge in [0.25, 0.3) is 5.91 Å². The van der Waals surface area contributed by atoms with Gasteiger partial charge >= 0.3 is 0 Å². The highest BCUT2D eigenvalue weighted by atomic mass is 32.2. The van der Waals surface area contributed by atoms with Crippen LogP contribution in [0.2, 0.25) is 0 Å². The molecule has 3 aromatic rings. The fourth-order valence-electron chi connectivity index (χ4n) is 3.71. The van der Waals surface area contributed by atoms with Crippen molar-refractivity contribution in [1.29, 1.82) is 0 Å². The van der Waals surface area contributed by atoms with Gasteiger partial charge in [0.1, 0.15) is 0 Å². The summed E-state index contributed by atoms with van der Waals surface area (Å²) in [6.45, 7) is 1.10. The standard InChI is InChI=1S/C21H23N3O3S/c1-23-15-19(18-10-3-4-11-20(18)23)21(25)22-16-8-7-9-17(14-16)28(26,27)24-12-5-2-6-13-24/h3-4,7-11,14-15H,2,5-6,12-13H2,1H3,(H,22,25). The molecule has 146 valence electrons. The fraction of sp³-hybridized carbons (Fsp3) is 0.286. The molecule has 0 bridgehead atoms. The first kappa shape index (κ1) is 18.7.